The minimum absolute atomic E-state index is 0.562. The zero-order valence-corrected chi connectivity index (χ0v) is 17.2. The third kappa shape index (κ3) is 16.0. The monoisotopic (exact) mass is 344 g/mol. The van der Waals surface area contributed by atoms with Crippen LogP contribution in [0.2, 0.25) is 0 Å². The van der Waals surface area contributed by atoms with Gasteiger partial charge in [-0.25, -0.2) is 0 Å². The Labute approximate surface area is 150 Å². The number of nitrogens with zero attached hydrogens (tertiary/aromatic N) is 1. The first kappa shape index (κ1) is 25.3. The van der Waals surface area contributed by atoms with Gasteiger partial charge in [0.15, 0.2) is 0 Å². The second-order valence-electron chi connectivity index (χ2n) is 6.74. The van der Waals surface area contributed by atoms with Crippen molar-refractivity contribution in [1.82, 2.24) is 0 Å². The Morgan fingerprint density at radius 2 is 0.875 bits per heavy atom. The van der Waals surface area contributed by atoms with Gasteiger partial charge in [-0.15, -0.1) is 0 Å². The van der Waals surface area contributed by atoms with Crippen LogP contribution in [0.1, 0.15) is 92.9 Å². The van der Waals surface area contributed by atoms with Crippen LogP contribution in [0, 0.1) is 0 Å². The van der Waals surface area contributed by atoms with Crippen LogP contribution >= 0.6 is 0 Å². The first-order valence-electron chi connectivity index (χ1n) is 9.91. The van der Waals surface area contributed by atoms with Crippen LogP contribution in [0.15, 0.2) is 0 Å². The van der Waals surface area contributed by atoms with Gasteiger partial charge >= 0.3 is 11.9 Å². The summed E-state index contributed by atoms with van der Waals surface area (Å²) in [5, 5.41) is 0. The zero-order valence-electron chi connectivity index (χ0n) is 17.2. The van der Waals surface area contributed by atoms with Crippen molar-refractivity contribution in [3.8, 4) is 0 Å². The summed E-state index contributed by atoms with van der Waals surface area (Å²) >= 11 is 0. The van der Waals surface area contributed by atoms with Crippen molar-refractivity contribution < 1.29 is 18.8 Å². The van der Waals surface area contributed by atoms with E-state index >= 15 is 0 Å². The first-order valence-corrected chi connectivity index (χ1v) is 9.91. The molecule has 4 nitrogen and oxygen atoms in total. The Bertz CT molecular complexity index is 266. The molecule has 0 fully saturated rings. The number of carbonyl (C=O) groups excluding carboxylic acids is 2. The van der Waals surface area contributed by atoms with Gasteiger partial charge in [-0.3, -0.25) is 9.59 Å². The molecule has 0 atom stereocenters. The van der Waals surface area contributed by atoms with Gasteiger partial charge in [0.25, 0.3) is 0 Å². The summed E-state index contributed by atoms with van der Waals surface area (Å²) in [6.07, 6.45) is 11.1. The van der Waals surface area contributed by atoms with E-state index in [0.717, 1.165) is 0 Å². The predicted molar refractivity (Wildman–Crippen MR) is 102 cm³/mol. The van der Waals surface area contributed by atoms with Crippen LogP contribution in [0.5, 0.6) is 0 Å². The number of hydrogen-bond donors (Lipinski definition) is 0. The van der Waals surface area contributed by atoms with Crippen LogP contribution in [0.25, 0.3) is 0 Å². The molecule has 0 aromatic heterocycles. The van der Waals surface area contributed by atoms with E-state index in [9.17, 15) is 9.59 Å². The van der Waals surface area contributed by atoms with E-state index in [-0.39, 0.29) is 0 Å². The minimum atomic E-state index is -0.562. The number of ether oxygens (including phenoxy) is 1. The lowest BCUT2D eigenvalue weighted by Crippen LogP contribution is -2.50. The van der Waals surface area contributed by atoms with E-state index in [2.05, 4.69) is 32.4 Å². The molecule has 0 spiro atoms. The van der Waals surface area contributed by atoms with Gasteiger partial charge in [0, 0.05) is 13.8 Å². The number of rotatable bonds is 12. The molecule has 144 valence electrons. The Balaban J connectivity index is 0. The van der Waals surface area contributed by atoms with Crippen LogP contribution < -0.4 is 0 Å². The average molecular weight is 345 g/mol. The summed E-state index contributed by atoms with van der Waals surface area (Å²) in [5.41, 5.74) is 0. The zero-order chi connectivity index (χ0) is 18.8. The molecule has 0 unspecified atom stereocenters. The summed E-state index contributed by atoms with van der Waals surface area (Å²) in [6.45, 7) is 17.4. The van der Waals surface area contributed by atoms with E-state index < -0.39 is 11.9 Å². The lowest BCUT2D eigenvalue weighted by Gasteiger charge is -2.39. The number of hydrogen-bond acceptors (Lipinski definition) is 3. The van der Waals surface area contributed by atoms with E-state index in [4.69, 9.17) is 0 Å². The van der Waals surface area contributed by atoms with Gasteiger partial charge in [-0.1, -0.05) is 53.4 Å². The Morgan fingerprint density at radius 1 is 0.625 bits per heavy atom. The van der Waals surface area contributed by atoms with E-state index in [1.54, 1.807) is 0 Å². The third-order valence-electron chi connectivity index (χ3n) is 4.23. The van der Waals surface area contributed by atoms with Crippen molar-refractivity contribution in [2.24, 2.45) is 0 Å². The van der Waals surface area contributed by atoms with Gasteiger partial charge in [0.05, 0.1) is 26.2 Å². The summed E-state index contributed by atoms with van der Waals surface area (Å²) in [5.74, 6) is -1.12. The summed E-state index contributed by atoms with van der Waals surface area (Å²) in [7, 11) is 0. The molecule has 0 radical (unpaired) electrons. The number of esters is 2. The highest BCUT2D eigenvalue weighted by atomic mass is 16.6. The van der Waals surface area contributed by atoms with Crippen LogP contribution in [-0.2, 0) is 14.3 Å². The van der Waals surface area contributed by atoms with Gasteiger partial charge in [-0.2, -0.15) is 0 Å². The van der Waals surface area contributed by atoms with Gasteiger partial charge in [-0.05, 0) is 25.7 Å². The number of unbranched alkanes of at least 4 members (excludes halogenated alkanes) is 4. The SMILES string of the molecule is CC(=O)OC(C)=O.CCCC[N+](CCCC)(CCCC)CCCC. The van der Waals surface area contributed by atoms with Crippen molar-refractivity contribution in [3.05, 3.63) is 0 Å². The molecule has 0 amide bonds. The summed E-state index contributed by atoms with van der Waals surface area (Å²) in [4.78, 5) is 19.6. The fraction of sp³-hybridized carbons (Fsp3) is 0.900. The molecule has 0 aliphatic carbocycles. The highest BCUT2D eigenvalue weighted by Crippen LogP contribution is 2.16. The summed E-state index contributed by atoms with van der Waals surface area (Å²) < 4.78 is 5.39. The smallest absolute Gasteiger partial charge is 0.310 e. The molecule has 4 heteroatoms. The molecule has 0 aliphatic rings. The highest BCUT2D eigenvalue weighted by molar-refractivity contribution is 5.82. The molecule has 0 bridgehead atoms. The number of carbonyl (C=O) groups is 2. The molecule has 0 aliphatic heterocycles. The van der Waals surface area contributed by atoms with E-state index in [0.29, 0.717) is 0 Å². The lowest BCUT2D eigenvalue weighted by atomic mass is 10.1. The van der Waals surface area contributed by atoms with Gasteiger partial charge in [0.1, 0.15) is 0 Å². The average Bonchev–Trinajstić information content (AvgIpc) is 2.53. The molecule has 0 saturated carbocycles. The van der Waals surface area contributed by atoms with Crippen LogP contribution in [0.4, 0.5) is 0 Å². The van der Waals surface area contributed by atoms with E-state index in [1.807, 2.05) is 0 Å². The molecule has 0 aromatic carbocycles. The third-order valence-corrected chi connectivity index (χ3v) is 4.23. The van der Waals surface area contributed by atoms with Crippen molar-refractivity contribution in [2.45, 2.75) is 92.9 Å². The topological polar surface area (TPSA) is 43.4 Å². The lowest BCUT2D eigenvalue weighted by molar-refractivity contribution is -0.929. The highest BCUT2D eigenvalue weighted by Gasteiger charge is 2.24. The molecular formula is C20H42NO3+. The second kappa shape index (κ2) is 16.9. The van der Waals surface area contributed by atoms with Gasteiger partial charge < -0.3 is 9.22 Å². The fourth-order valence-electron chi connectivity index (χ4n) is 2.85. The molecule has 0 saturated heterocycles. The van der Waals surface area contributed by atoms with Crippen molar-refractivity contribution in [2.75, 3.05) is 26.2 Å². The standard InChI is InChI=1S/C16H36N.C4H6O3/c1-5-9-13-17(14-10-6-2,15-11-7-3)16-12-8-4;1-3(5)7-4(2)6/h5-16H2,1-4H3;1-2H3/q+1;. The van der Waals surface area contributed by atoms with Crippen LogP contribution in [0.3, 0.4) is 0 Å². The number of quaternary nitrogens is 1. The minimum Gasteiger partial charge on any atom is -0.394 e. The predicted octanol–water partition coefficient (Wildman–Crippen LogP) is 5.10. The van der Waals surface area contributed by atoms with Crippen molar-refractivity contribution >= 4 is 11.9 Å². The largest absolute Gasteiger partial charge is 0.394 e. The van der Waals surface area contributed by atoms with Crippen LogP contribution in [-0.4, -0.2) is 42.6 Å². The Hall–Kier alpha value is -0.900. The molecule has 0 N–H and O–H groups in total. The second-order valence-corrected chi connectivity index (χ2v) is 6.74. The normalized spacial score (nSPS) is 10.8. The van der Waals surface area contributed by atoms with E-state index in [1.165, 1.54) is 95.9 Å². The van der Waals surface area contributed by atoms with Gasteiger partial charge in [0.2, 0.25) is 0 Å². The first-order chi connectivity index (χ1) is 11.4. The fourth-order valence-corrected chi connectivity index (χ4v) is 2.85. The maximum atomic E-state index is 9.81. The molecule has 24 heavy (non-hydrogen) atoms. The Kier molecular flexibility index (Phi) is 17.9. The molecular weight excluding hydrogens is 302 g/mol. The Morgan fingerprint density at radius 3 is 1.00 bits per heavy atom. The maximum Gasteiger partial charge on any atom is 0.310 e. The van der Waals surface area contributed by atoms with Crippen molar-refractivity contribution in [1.29, 1.82) is 0 Å². The maximum absolute atomic E-state index is 9.81. The molecule has 0 heterocycles. The quantitative estimate of drug-likeness (QED) is 0.281. The van der Waals surface area contributed by atoms with Crippen molar-refractivity contribution in [3.63, 3.8) is 0 Å². The summed E-state index contributed by atoms with van der Waals surface area (Å²) in [6, 6.07) is 0. The molecule has 0 aromatic rings. The molecule has 0 rings (SSSR count).